The summed E-state index contributed by atoms with van der Waals surface area (Å²) in [6, 6.07) is -1.12. The molecule has 0 aliphatic heterocycles. The predicted octanol–water partition coefficient (Wildman–Crippen LogP) is -0.313. The average molecular weight is 230 g/mol. The molecule has 0 rings (SSSR count). The number of aliphatic hydroxyl groups excluding tert-OH is 1. The minimum atomic E-state index is -0.658. The van der Waals surface area contributed by atoms with Crippen molar-refractivity contribution in [2.24, 2.45) is 5.92 Å². The molecule has 0 aliphatic rings. The number of amides is 1. The summed E-state index contributed by atoms with van der Waals surface area (Å²) in [4.78, 5) is 22.9. The van der Waals surface area contributed by atoms with Crippen LogP contribution in [-0.4, -0.2) is 42.5 Å². The molecule has 0 bridgehead atoms. The van der Waals surface area contributed by atoms with Crippen LogP contribution >= 0.6 is 0 Å². The molecule has 0 aromatic heterocycles. The standard InChI is InChI=1S/C11H22N2O3/c1-7(2)5-9(8(3)15)13-11(16)10(6-14)12-4/h7,9-10,12,14H,5-6H2,1-4H3,(H,13,16)/t9-,10-/m0/s1. The number of hydrogen-bond acceptors (Lipinski definition) is 4. The van der Waals surface area contributed by atoms with Crippen LogP contribution in [0, 0.1) is 5.92 Å². The number of Topliss-reactive ketones (excluding diaryl/α,β-unsaturated/α-hetero) is 1. The Balaban J connectivity index is 4.39. The van der Waals surface area contributed by atoms with Gasteiger partial charge in [0.15, 0.2) is 5.78 Å². The molecule has 0 saturated carbocycles. The zero-order valence-corrected chi connectivity index (χ0v) is 10.4. The number of rotatable bonds is 7. The van der Waals surface area contributed by atoms with Crippen LogP contribution in [0.1, 0.15) is 27.2 Å². The third-order valence-corrected chi connectivity index (χ3v) is 2.36. The highest BCUT2D eigenvalue weighted by atomic mass is 16.3. The highest BCUT2D eigenvalue weighted by Gasteiger charge is 2.22. The molecule has 94 valence electrons. The monoisotopic (exact) mass is 230 g/mol. The lowest BCUT2D eigenvalue weighted by molar-refractivity contribution is -0.129. The molecule has 0 aromatic rings. The topological polar surface area (TPSA) is 78.4 Å². The Morgan fingerprint density at radius 2 is 1.81 bits per heavy atom. The Hall–Kier alpha value is -0.940. The van der Waals surface area contributed by atoms with Gasteiger partial charge in [-0.2, -0.15) is 0 Å². The summed E-state index contributed by atoms with van der Waals surface area (Å²) >= 11 is 0. The Labute approximate surface area is 96.6 Å². The van der Waals surface area contributed by atoms with Crippen molar-refractivity contribution in [3.05, 3.63) is 0 Å². The maximum atomic E-state index is 11.6. The third-order valence-electron chi connectivity index (χ3n) is 2.36. The second-order valence-electron chi connectivity index (χ2n) is 4.33. The van der Waals surface area contributed by atoms with E-state index in [4.69, 9.17) is 5.11 Å². The summed E-state index contributed by atoms with van der Waals surface area (Å²) < 4.78 is 0. The zero-order valence-electron chi connectivity index (χ0n) is 10.4. The van der Waals surface area contributed by atoms with Gasteiger partial charge in [0.05, 0.1) is 12.6 Å². The van der Waals surface area contributed by atoms with Gasteiger partial charge < -0.3 is 15.7 Å². The number of hydrogen-bond donors (Lipinski definition) is 3. The maximum absolute atomic E-state index is 11.6. The van der Waals surface area contributed by atoms with Gasteiger partial charge in [-0.15, -0.1) is 0 Å². The molecule has 0 radical (unpaired) electrons. The SMILES string of the molecule is CN[C@@H](CO)C(=O)N[C@@H](CC(C)C)C(C)=O. The van der Waals surface area contributed by atoms with Crippen molar-refractivity contribution in [1.82, 2.24) is 10.6 Å². The minimum absolute atomic E-state index is 0.0603. The summed E-state index contributed by atoms with van der Waals surface area (Å²) in [5.41, 5.74) is 0. The quantitative estimate of drug-likeness (QED) is 0.560. The van der Waals surface area contributed by atoms with E-state index in [2.05, 4.69) is 10.6 Å². The largest absolute Gasteiger partial charge is 0.394 e. The van der Waals surface area contributed by atoms with Gasteiger partial charge in [-0.05, 0) is 26.3 Å². The van der Waals surface area contributed by atoms with E-state index in [0.717, 1.165) is 0 Å². The van der Waals surface area contributed by atoms with E-state index in [0.29, 0.717) is 12.3 Å². The molecular weight excluding hydrogens is 208 g/mol. The van der Waals surface area contributed by atoms with Gasteiger partial charge in [0, 0.05) is 0 Å². The van der Waals surface area contributed by atoms with Gasteiger partial charge in [0.25, 0.3) is 0 Å². The zero-order chi connectivity index (χ0) is 12.7. The lowest BCUT2D eigenvalue weighted by Gasteiger charge is -2.21. The fourth-order valence-corrected chi connectivity index (χ4v) is 1.38. The Bertz CT molecular complexity index is 237. The number of aliphatic hydroxyl groups is 1. The smallest absolute Gasteiger partial charge is 0.240 e. The van der Waals surface area contributed by atoms with E-state index in [-0.39, 0.29) is 18.3 Å². The maximum Gasteiger partial charge on any atom is 0.240 e. The highest BCUT2D eigenvalue weighted by Crippen LogP contribution is 2.05. The van der Waals surface area contributed by atoms with Crippen molar-refractivity contribution in [1.29, 1.82) is 0 Å². The number of likely N-dealkylation sites (N-methyl/N-ethyl adjacent to an activating group) is 1. The van der Waals surface area contributed by atoms with E-state index in [1.54, 1.807) is 7.05 Å². The second kappa shape index (κ2) is 7.35. The molecule has 3 N–H and O–H groups in total. The summed E-state index contributed by atoms with van der Waals surface area (Å²) in [5, 5.41) is 14.2. The van der Waals surface area contributed by atoms with Crippen molar-refractivity contribution in [3.63, 3.8) is 0 Å². The first-order valence-corrected chi connectivity index (χ1v) is 5.51. The van der Waals surface area contributed by atoms with Gasteiger partial charge in [0.1, 0.15) is 6.04 Å². The van der Waals surface area contributed by atoms with Crippen LogP contribution in [0.25, 0.3) is 0 Å². The van der Waals surface area contributed by atoms with E-state index in [9.17, 15) is 9.59 Å². The fraction of sp³-hybridized carbons (Fsp3) is 0.818. The van der Waals surface area contributed by atoms with E-state index < -0.39 is 12.1 Å². The molecule has 0 saturated heterocycles. The molecule has 0 spiro atoms. The number of carbonyl (C=O) groups is 2. The molecule has 0 aliphatic carbocycles. The first kappa shape index (κ1) is 15.1. The fourth-order valence-electron chi connectivity index (χ4n) is 1.38. The van der Waals surface area contributed by atoms with Crippen molar-refractivity contribution in [2.45, 2.75) is 39.3 Å². The molecule has 1 amide bonds. The van der Waals surface area contributed by atoms with Crippen molar-refractivity contribution in [2.75, 3.05) is 13.7 Å². The molecule has 0 heterocycles. The normalized spacial score (nSPS) is 14.6. The van der Waals surface area contributed by atoms with Crippen LogP contribution in [0.2, 0.25) is 0 Å². The van der Waals surface area contributed by atoms with Crippen LogP contribution < -0.4 is 10.6 Å². The Morgan fingerprint density at radius 1 is 1.25 bits per heavy atom. The Morgan fingerprint density at radius 3 is 2.12 bits per heavy atom. The van der Waals surface area contributed by atoms with Crippen molar-refractivity contribution < 1.29 is 14.7 Å². The number of ketones is 1. The molecule has 5 nitrogen and oxygen atoms in total. The summed E-state index contributed by atoms with van der Waals surface area (Å²) in [6.07, 6.45) is 0.614. The Kier molecular flexibility index (Phi) is 6.92. The van der Waals surface area contributed by atoms with Gasteiger partial charge >= 0.3 is 0 Å². The first-order valence-electron chi connectivity index (χ1n) is 5.51. The molecular formula is C11H22N2O3. The van der Waals surface area contributed by atoms with Crippen LogP contribution in [0.4, 0.5) is 0 Å². The molecule has 16 heavy (non-hydrogen) atoms. The molecule has 0 fully saturated rings. The number of nitrogens with one attached hydrogen (secondary N) is 2. The molecule has 5 heteroatoms. The van der Waals surface area contributed by atoms with Crippen LogP contribution in [0.3, 0.4) is 0 Å². The summed E-state index contributed by atoms with van der Waals surface area (Å²) in [6.45, 7) is 5.16. The number of carbonyl (C=O) groups excluding carboxylic acids is 2. The van der Waals surface area contributed by atoms with Crippen LogP contribution in [-0.2, 0) is 9.59 Å². The third kappa shape index (κ3) is 5.23. The van der Waals surface area contributed by atoms with Gasteiger partial charge in [-0.25, -0.2) is 0 Å². The first-order chi connectivity index (χ1) is 7.42. The molecule has 0 unspecified atom stereocenters. The second-order valence-corrected chi connectivity index (χ2v) is 4.33. The lowest BCUT2D eigenvalue weighted by Crippen LogP contribution is -2.50. The minimum Gasteiger partial charge on any atom is -0.394 e. The molecule has 0 aromatic carbocycles. The van der Waals surface area contributed by atoms with E-state index >= 15 is 0 Å². The average Bonchev–Trinajstić information content (AvgIpc) is 2.17. The lowest BCUT2D eigenvalue weighted by atomic mass is 10.0. The highest BCUT2D eigenvalue weighted by molar-refractivity contribution is 5.89. The van der Waals surface area contributed by atoms with Gasteiger partial charge in [-0.1, -0.05) is 13.8 Å². The van der Waals surface area contributed by atoms with Crippen molar-refractivity contribution in [3.8, 4) is 0 Å². The van der Waals surface area contributed by atoms with Crippen LogP contribution in [0.5, 0.6) is 0 Å². The van der Waals surface area contributed by atoms with E-state index in [1.807, 2.05) is 13.8 Å². The van der Waals surface area contributed by atoms with E-state index in [1.165, 1.54) is 6.92 Å². The van der Waals surface area contributed by atoms with Crippen LogP contribution in [0.15, 0.2) is 0 Å². The summed E-state index contributed by atoms with van der Waals surface area (Å²) in [5.74, 6) is -0.0722. The van der Waals surface area contributed by atoms with Gasteiger partial charge in [0.2, 0.25) is 5.91 Å². The summed E-state index contributed by atoms with van der Waals surface area (Å²) in [7, 11) is 1.59. The van der Waals surface area contributed by atoms with Crippen molar-refractivity contribution >= 4 is 11.7 Å². The van der Waals surface area contributed by atoms with Gasteiger partial charge in [-0.3, -0.25) is 9.59 Å². The molecule has 2 atom stereocenters. The predicted molar refractivity (Wildman–Crippen MR) is 62.0 cm³/mol.